The molecule has 4 N–H and O–H groups in total. The lowest BCUT2D eigenvalue weighted by Gasteiger charge is -2.44. The number of hydrogen-bond acceptors (Lipinski definition) is 7. The molecule has 2 amide bonds. The van der Waals surface area contributed by atoms with Crippen molar-refractivity contribution in [3.63, 3.8) is 0 Å². The molecule has 34 heavy (non-hydrogen) atoms. The van der Waals surface area contributed by atoms with Crippen LogP contribution in [0.3, 0.4) is 0 Å². The van der Waals surface area contributed by atoms with Gasteiger partial charge in [0.25, 0.3) is 0 Å². The molecule has 11 heteroatoms. The first-order valence-electron chi connectivity index (χ1n) is 11.0. The summed E-state index contributed by atoms with van der Waals surface area (Å²) in [7, 11) is 5.63. The first-order valence-corrected chi connectivity index (χ1v) is 11.9. The van der Waals surface area contributed by atoms with E-state index in [0.717, 1.165) is 0 Å². The molecule has 1 aromatic carbocycles. The van der Waals surface area contributed by atoms with Crippen LogP contribution in [0.4, 0.5) is 0 Å². The smallest absolute Gasteiger partial charge is 0.330 e. The third-order valence-electron chi connectivity index (χ3n) is 5.84. The number of amides is 2. The number of rotatable bonds is 9. The van der Waals surface area contributed by atoms with Crippen LogP contribution < -0.4 is 11.1 Å². The quantitative estimate of drug-likeness (QED) is 0.254. The largest absolute Gasteiger partial charge is 0.481 e. The Morgan fingerprint density at radius 1 is 1.24 bits per heavy atom. The first-order chi connectivity index (χ1) is 15.7. The van der Waals surface area contributed by atoms with Crippen LogP contribution in [0.1, 0.15) is 31.9 Å². The Bertz CT molecular complexity index is 964. The number of aliphatic carboxylic acids is 1. The molecule has 1 unspecified atom stereocenters. The van der Waals surface area contributed by atoms with Crippen LogP contribution in [-0.4, -0.2) is 94.2 Å². The van der Waals surface area contributed by atoms with Crippen LogP contribution >= 0.6 is 11.8 Å². The van der Waals surface area contributed by atoms with Gasteiger partial charge in [-0.25, -0.2) is 4.79 Å². The SMILES string of the molecule is CC1(C)S[C@@H]2[C@H](NC(=O)[C@H](N)c3ccccc3)C(=O)N2[C@H]1C(=O)OC(CC(=O)O)C[N+](C)(C)C. The minimum atomic E-state index is -1.07. The van der Waals surface area contributed by atoms with Crippen LogP contribution in [0.2, 0.25) is 0 Å². The maximum Gasteiger partial charge on any atom is 0.330 e. The van der Waals surface area contributed by atoms with E-state index < -0.39 is 52.2 Å². The lowest BCUT2D eigenvalue weighted by atomic mass is 9.95. The molecular weight excluding hydrogens is 460 g/mol. The molecule has 0 saturated carbocycles. The number of quaternary nitrogens is 1. The highest BCUT2D eigenvalue weighted by Gasteiger charge is 2.64. The highest BCUT2D eigenvalue weighted by Crippen LogP contribution is 2.51. The molecule has 2 saturated heterocycles. The Kier molecular flexibility index (Phi) is 7.30. The molecule has 0 radical (unpaired) electrons. The lowest BCUT2D eigenvalue weighted by molar-refractivity contribution is -0.873. The number of carbonyl (C=O) groups excluding carboxylic acids is 3. The molecular formula is C23H33N4O6S+. The number of carbonyl (C=O) groups is 4. The van der Waals surface area contributed by atoms with E-state index in [1.807, 2.05) is 41.1 Å². The van der Waals surface area contributed by atoms with Gasteiger partial charge in [-0.05, 0) is 19.4 Å². The van der Waals surface area contributed by atoms with Crippen molar-refractivity contribution >= 4 is 35.5 Å². The summed E-state index contributed by atoms with van der Waals surface area (Å²) in [5.74, 6) is -2.57. The van der Waals surface area contributed by atoms with Gasteiger partial charge in [0.1, 0.15) is 30.0 Å². The van der Waals surface area contributed by atoms with E-state index in [2.05, 4.69) is 5.32 Å². The summed E-state index contributed by atoms with van der Waals surface area (Å²) in [6, 6.07) is 6.24. The zero-order valence-corrected chi connectivity index (χ0v) is 20.9. The van der Waals surface area contributed by atoms with Gasteiger partial charge in [0.05, 0.1) is 27.6 Å². The second kappa shape index (κ2) is 9.55. The molecule has 0 aliphatic carbocycles. The van der Waals surface area contributed by atoms with Gasteiger partial charge in [-0.3, -0.25) is 14.4 Å². The third kappa shape index (κ3) is 5.53. The van der Waals surface area contributed by atoms with Gasteiger partial charge in [0.2, 0.25) is 11.8 Å². The monoisotopic (exact) mass is 493 g/mol. The zero-order valence-electron chi connectivity index (χ0n) is 20.1. The van der Waals surface area contributed by atoms with E-state index in [1.165, 1.54) is 16.7 Å². The molecule has 0 aromatic heterocycles. The number of nitrogens with one attached hydrogen (secondary N) is 1. The van der Waals surface area contributed by atoms with Crippen LogP contribution in [0.15, 0.2) is 30.3 Å². The van der Waals surface area contributed by atoms with Crippen LogP contribution in [-0.2, 0) is 23.9 Å². The number of likely N-dealkylation sites (N-methyl/N-ethyl adjacent to an activating group) is 1. The fourth-order valence-corrected chi connectivity index (χ4v) is 5.98. The zero-order chi connectivity index (χ0) is 25.4. The molecule has 0 bridgehead atoms. The van der Waals surface area contributed by atoms with Crippen molar-refractivity contribution in [2.75, 3.05) is 27.7 Å². The van der Waals surface area contributed by atoms with Crippen molar-refractivity contribution in [2.24, 2.45) is 5.73 Å². The molecule has 1 aromatic rings. The van der Waals surface area contributed by atoms with Crippen molar-refractivity contribution in [2.45, 2.75) is 54.6 Å². The molecule has 186 valence electrons. The second-order valence-electron chi connectivity index (χ2n) is 10.3. The number of ether oxygens (including phenoxy) is 1. The summed E-state index contributed by atoms with van der Waals surface area (Å²) in [4.78, 5) is 51.5. The first kappa shape index (κ1) is 26.0. The van der Waals surface area contributed by atoms with Gasteiger partial charge in [-0.1, -0.05) is 30.3 Å². The van der Waals surface area contributed by atoms with Gasteiger partial charge in [0.15, 0.2) is 6.10 Å². The van der Waals surface area contributed by atoms with Gasteiger partial charge in [-0.2, -0.15) is 0 Å². The number of fused-ring (bicyclic) bond motifs is 1. The molecule has 2 aliphatic rings. The molecule has 0 spiro atoms. The van der Waals surface area contributed by atoms with E-state index in [1.54, 1.807) is 24.3 Å². The molecule has 2 aliphatic heterocycles. The summed E-state index contributed by atoms with van der Waals surface area (Å²) in [5, 5.41) is 11.5. The normalized spacial score (nSPS) is 25.1. The number of esters is 1. The van der Waals surface area contributed by atoms with Gasteiger partial charge >= 0.3 is 11.9 Å². The molecule has 5 atom stereocenters. The molecule has 3 rings (SSSR count). The predicted molar refractivity (Wildman–Crippen MR) is 126 cm³/mol. The van der Waals surface area contributed by atoms with Crippen molar-refractivity contribution < 1.29 is 33.5 Å². The molecule has 10 nitrogen and oxygen atoms in total. The number of hydrogen-bond donors (Lipinski definition) is 3. The minimum Gasteiger partial charge on any atom is -0.481 e. The van der Waals surface area contributed by atoms with Crippen LogP contribution in [0.25, 0.3) is 0 Å². The predicted octanol–water partition coefficient (Wildman–Crippen LogP) is 0.326. The summed E-state index contributed by atoms with van der Waals surface area (Å²) >= 11 is 1.40. The number of nitrogens with two attached hydrogens (primary N) is 1. The van der Waals surface area contributed by atoms with Crippen molar-refractivity contribution in [3.8, 4) is 0 Å². The average molecular weight is 494 g/mol. The number of thioether (sulfide) groups is 1. The van der Waals surface area contributed by atoms with E-state index in [4.69, 9.17) is 10.5 Å². The van der Waals surface area contributed by atoms with E-state index in [9.17, 15) is 24.3 Å². The highest BCUT2D eigenvalue weighted by molar-refractivity contribution is 8.01. The minimum absolute atomic E-state index is 0.311. The fraction of sp³-hybridized carbons (Fsp3) is 0.565. The topological polar surface area (TPSA) is 139 Å². The lowest BCUT2D eigenvalue weighted by Crippen LogP contribution is -2.71. The average Bonchev–Trinajstić information content (AvgIpc) is 2.98. The third-order valence-corrected chi connectivity index (χ3v) is 7.41. The Morgan fingerprint density at radius 3 is 2.41 bits per heavy atom. The van der Waals surface area contributed by atoms with E-state index in [0.29, 0.717) is 16.6 Å². The summed E-state index contributed by atoms with van der Waals surface area (Å²) in [6.07, 6.45) is -1.16. The number of carboxylic acids is 1. The maximum atomic E-state index is 13.2. The summed E-state index contributed by atoms with van der Waals surface area (Å²) in [5.41, 5.74) is 6.69. The van der Waals surface area contributed by atoms with Crippen molar-refractivity contribution in [3.05, 3.63) is 35.9 Å². The number of carboxylic acid groups (broad SMARTS) is 1. The van der Waals surface area contributed by atoms with Gasteiger partial charge in [0, 0.05) is 4.75 Å². The van der Waals surface area contributed by atoms with Gasteiger partial charge < -0.3 is 30.3 Å². The maximum absolute atomic E-state index is 13.2. The number of benzene rings is 1. The van der Waals surface area contributed by atoms with Gasteiger partial charge in [-0.15, -0.1) is 11.8 Å². The van der Waals surface area contributed by atoms with E-state index >= 15 is 0 Å². The van der Waals surface area contributed by atoms with Crippen molar-refractivity contribution in [1.82, 2.24) is 10.2 Å². The van der Waals surface area contributed by atoms with Crippen LogP contribution in [0, 0.1) is 0 Å². The molecule has 2 fully saturated rings. The highest BCUT2D eigenvalue weighted by atomic mass is 32.2. The summed E-state index contributed by atoms with van der Waals surface area (Å²) < 4.78 is 5.34. The Morgan fingerprint density at radius 2 is 1.85 bits per heavy atom. The second-order valence-corrected chi connectivity index (χ2v) is 12.0. The Labute approximate surface area is 203 Å². The van der Waals surface area contributed by atoms with Crippen LogP contribution in [0.5, 0.6) is 0 Å². The fourth-order valence-electron chi connectivity index (χ4n) is 4.36. The Hall–Kier alpha value is -2.63. The van der Waals surface area contributed by atoms with E-state index in [-0.39, 0.29) is 12.3 Å². The number of nitrogens with zero attached hydrogens (tertiary/aromatic N) is 2. The molecule has 2 heterocycles. The Balaban J connectivity index is 1.70. The van der Waals surface area contributed by atoms with Crippen molar-refractivity contribution in [1.29, 1.82) is 0 Å². The number of β-lactam (4-membered cyclic amide) rings is 1. The standard InChI is InChI=1S/C23H32N4O6S/c1-23(2)18(22(32)33-14(11-15(28)29)12-27(3,4)5)26-20(31)17(21(26)34-23)25-19(30)16(24)13-9-7-6-8-10-13/h6-10,14,16-18,21H,11-12,24H2,1-5H3,(H-,25,28,29,30)/p+1/t14?,16-,17-,18+,21-/m1/s1. The summed E-state index contributed by atoms with van der Waals surface area (Å²) in [6.45, 7) is 3.97.